The molecule has 0 aliphatic rings. The third-order valence-electron chi connectivity index (χ3n) is 0.475. The summed E-state index contributed by atoms with van der Waals surface area (Å²) >= 11 is 0. The fourth-order valence-corrected chi connectivity index (χ4v) is 0.702. The van der Waals surface area contributed by atoms with Crippen molar-refractivity contribution in [3.05, 3.63) is 0 Å². The number of quaternary nitrogens is 1. The van der Waals surface area contributed by atoms with E-state index < -0.39 is 7.60 Å². The van der Waals surface area contributed by atoms with Crippen LogP contribution in [0.2, 0.25) is 0 Å². The van der Waals surface area contributed by atoms with E-state index in [1.807, 2.05) is 0 Å². The molecule has 0 aromatic rings. The smallest absolute Gasteiger partial charge is 0.325 e. The van der Waals surface area contributed by atoms with E-state index in [0.29, 0.717) is 6.54 Å². The Morgan fingerprint density at radius 1 is 1.88 bits per heavy atom. The van der Waals surface area contributed by atoms with E-state index in [0.717, 1.165) is 6.66 Å². The molecule has 1 unspecified atom stereocenters. The largest absolute Gasteiger partial charge is 0.356 e. The molecular weight excluding hydrogens is 129 g/mol. The van der Waals surface area contributed by atoms with E-state index in [1.165, 1.54) is 0 Å². The maximum absolute atomic E-state index is 10.3. The Hall–Kier alpha value is 0.110. The molecule has 0 aromatic heterocycles. The van der Waals surface area contributed by atoms with Crippen molar-refractivity contribution < 1.29 is 19.7 Å². The molecule has 0 aromatic carbocycles. The first-order valence-corrected chi connectivity index (χ1v) is 4.33. The molecule has 0 radical (unpaired) electrons. The Bertz CT molecular complexity index is 98.7. The summed E-state index contributed by atoms with van der Waals surface area (Å²) in [6.45, 7) is 1.94. The van der Waals surface area contributed by atoms with Gasteiger partial charge in [0.2, 0.25) is 0 Å². The molecule has 8 heavy (non-hydrogen) atoms. The molecule has 0 fully saturated rings. The summed E-state index contributed by atoms with van der Waals surface area (Å²) < 4.78 is 14.7. The van der Waals surface area contributed by atoms with E-state index >= 15 is 0 Å². The Labute approximate surface area is 48.2 Å². The van der Waals surface area contributed by atoms with Crippen LogP contribution in [0, 0.1) is 0 Å². The summed E-state index contributed by atoms with van der Waals surface area (Å²) in [5.41, 5.74) is 3.43. The van der Waals surface area contributed by atoms with Gasteiger partial charge >= 0.3 is 7.60 Å². The van der Waals surface area contributed by atoms with Gasteiger partial charge in [0, 0.05) is 6.66 Å². The van der Waals surface area contributed by atoms with Crippen LogP contribution >= 0.6 is 7.60 Å². The van der Waals surface area contributed by atoms with Gasteiger partial charge in [0.15, 0.2) is 0 Å². The molecule has 1 atom stereocenters. The minimum atomic E-state index is -3.22. The highest BCUT2D eigenvalue weighted by Crippen LogP contribution is 2.35. The second kappa shape index (κ2) is 3.20. The van der Waals surface area contributed by atoms with Gasteiger partial charge in [-0.25, -0.2) is 0 Å². The zero-order valence-corrected chi connectivity index (χ0v) is 5.73. The van der Waals surface area contributed by atoms with Crippen LogP contribution in [0.5, 0.6) is 0 Å². The molecule has 4 nitrogen and oxygen atoms in total. The first-order valence-electron chi connectivity index (χ1n) is 2.30. The van der Waals surface area contributed by atoms with Crippen molar-refractivity contribution in [1.82, 2.24) is 0 Å². The van der Waals surface area contributed by atoms with Crippen molar-refractivity contribution >= 4 is 7.60 Å². The topological polar surface area (TPSA) is 74.2 Å². The van der Waals surface area contributed by atoms with Gasteiger partial charge in [-0.2, -0.15) is 0 Å². The van der Waals surface area contributed by atoms with Crippen LogP contribution in [0.25, 0.3) is 0 Å². The predicted molar refractivity (Wildman–Crippen MR) is 29.5 cm³/mol. The lowest BCUT2D eigenvalue weighted by molar-refractivity contribution is -0.371. The van der Waals surface area contributed by atoms with E-state index in [1.54, 1.807) is 0 Å². The standard InChI is InChI=1S/C3H10NO3P/c1-8(5,6)7-3-2-4/h2-4H2,1H3,(H,5,6)/p+1. The summed E-state index contributed by atoms with van der Waals surface area (Å²) in [7, 11) is -3.22. The van der Waals surface area contributed by atoms with Crippen LogP contribution in [0.4, 0.5) is 0 Å². The van der Waals surface area contributed by atoms with Gasteiger partial charge in [0.25, 0.3) is 0 Å². The van der Waals surface area contributed by atoms with E-state index in [2.05, 4.69) is 10.3 Å². The highest BCUT2D eigenvalue weighted by Gasteiger charge is 2.07. The van der Waals surface area contributed by atoms with Crippen molar-refractivity contribution in [3.8, 4) is 0 Å². The molecule has 0 spiro atoms. The number of hydrogen-bond donors (Lipinski definition) is 2. The average Bonchev–Trinajstić information content (AvgIpc) is 1.59. The molecule has 0 saturated heterocycles. The summed E-state index contributed by atoms with van der Waals surface area (Å²) in [5, 5.41) is 0. The molecular formula is C3H11NO3P+. The lowest BCUT2D eigenvalue weighted by atomic mass is 10.8. The van der Waals surface area contributed by atoms with Crippen LogP contribution in [0.3, 0.4) is 0 Å². The van der Waals surface area contributed by atoms with E-state index in [9.17, 15) is 4.57 Å². The SMILES string of the molecule is CP(=O)(O)OCC[NH3+]. The van der Waals surface area contributed by atoms with Gasteiger partial charge in [-0.1, -0.05) is 0 Å². The average molecular weight is 140 g/mol. The molecule has 4 N–H and O–H groups in total. The maximum Gasteiger partial charge on any atom is 0.325 e. The fourth-order valence-electron chi connectivity index (χ4n) is 0.234. The predicted octanol–water partition coefficient (Wildman–Crippen LogP) is -0.940. The molecule has 0 aliphatic heterocycles. The Kier molecular flexibility index (Phi) is 3.24. The normalized spacial score (nSPS) is 17.9. The lowest BCUT2D eigenvalue weighted by Gasteiger charge is -2.01. The number of rotatable bonds is 3. The highest BCUT2D eigenvalue weighted by molar-refractivity contribution is 7.51. The first kappa shape index (κ1) is 8.11. The first-order chi connectivity index (χ1) is 3.56. The molecule has 0 aliphatic carbocycles. The van der Waals surface area contributed by atoms with Gasteiger partial charge in [0.05, 0.1) is 6.54 Å². The van der Waals surface area contributed by atoms with Crippen LogP contribution in [0.15, 0.2) is 0 Å². The second-order valence-corrected chi connectivity index (χ2v) is 3.35. The third kappa shape index (κ3) is 6.11. The van der Waals surface area contributed by atoms with Crippen molar-refractivity contribution in [2.45, 2.75) is 0 Å². The third-order valence-corrected chi connectivity index (χ3v) is 1.14. The molecule has 0 bridgehead atoms. The van der Waals surface area contributed by atoms with Crippen molar-refractivity contribution in [2.75, 3.05) is 19.8 Å². The van der Waals surface area contributed by atoms with Gasteiger partial charge in [-0.3, -0.25) is 4.57 Å². The summed E-state index contributed by atoms with van der Waals surface area (Å²) in [6, 6.07) is 0. The van der Waals surface area contributed by atoms with Crippen LogP contribution < -0.4 is 5.73 Å². The molecule has 5 heteroatoms. The molecule has 0 saturated carbocycles. The molecule has 0 amide bonds. The molecule has 50 valence electrons. The molecule has 0 rings (SSSR count). The highest BCUT2D eigenvalue weighted by atomic mass is 31.2. The minimum Gasteiger partial charge on any atom is -0.356 e. The van der Waals surface area contributed by atoms with Crippen molar-refractivity contribution in [1.29, 1.82) is 0 Å². The summed E-state index contributed by atoms with van der Waals surface area (Å²) in [4.78, 5) is 8.45. The van der Waals surface area contributed by atoms with Crippen LogP contribution in [0.1, 0.15) is 0 Å². The van der Waals surface area contributed by atoms with Gasteiger partial charge in [-0.05, 0) is 0 Å². The summed E-state index contributed by atoms with van der Waals surface area (Å²) in [5.74, 6) is 0. The van der Waals surface area contributed by atoms with Crippen molar-refractivity contribution in [2.24, 2.45) is 0 Å². The van der Waals surface area contributed by atoms with E-state index in [-0.39, 0.29) is 6.61 Å². The van der Waals surface area contributed by atoms with Crippen LogP contribution in [-0.2, 0) is 9.09 Å². The van der Waals surface area contributed by atoms with Crippen LogP contribution in [-0.4, -0.2) is 24.7 Å². The van der Waals surface area contributed by atoms with Crippen molar-refractivity contribution in [3.63, 3.8) is 0 Å². The zero-order valence-electron chi connectivity index (χ0n) is 4.83. The zero-order chi connectivity index (χ0) is 6.62. The minimum absolute atomic E-state index is 0.254. The second-order valence-electron chi connectivity index (χ2n) is 1.49. The fraction of sp³-hybridized carbons (Fsp3) is 1.00. The monoisotopic (exact) mass is 140 g/mol. The van der Waals surface area contributed by atoms with E-state index in [4.69, 9.17) is 4.89 Å². The Balaban J connectivity index is 3.26. The lowest BCUT2D eigenvalue weighted by Crippen LogP contribution is -2.52. The van der Waals surface area contributed by atoms with Gasteiger partial charge in [0.1, 0.15) is 6.61 Å². The summed E-state index contributed by atoms with van der Waals surface area (Å²) in [6.07, 6.45) is 0. The molecule has 0 heterocycles. The Morgan fingerprint density at radius 2 is 2.38 bits per heavy atom. The maximum atomic E-state index is 10.3. The quantitative estimate of drug-likeness (QED) is 0.497. The van der Waals surface area contributed by atoms with Gasteiger partial charge < -0.3 is 15.2 Å². The van der Waals surface area contributed by atoms with Gasteiger partial charge in [-0.15, -0.1) is 0 Å². The number of hydrogen-bond acceptors (Lipinski definition) is 2. The Morgan fingerprint density at radius 3 is 2.50 bits per heavy atom.